The van der Waals surface area contributed by atoms with Crippen molar-refractivity contribution in [2.24, 2.45) is 5.92 Å². The molecule has 1 aliphatic carbocycles. The molecule has 1 rings (SSSR count). The maximum absolute atomic E-state index is 9.31. The van der Waals surface area contributed by atoms with Gasteiger partial charge in [0.1, 0.15) is 0 Å². The van der Waals surface area contributed by atoms with Gasteiger partial charge in [0, 0.05) is 5.92 Å². The quantitative estimate of drug-likeness (QED) is 0.622. The monoisotopic (exact) mass is 138 g/mol. The second-order valence-electron chi connectivity index (χ2n) is 2.74. The number of aliphatic hydroxyl groups excluding tert-OH is 1. The molecule has 1 atom stereocenters. The second-order valence-corrected chi connectivity index (χ2v) is 2.74. The molecule has 0 saturated carbocycles. The Hall–Kier alpha value is -0.720. The molecule has 0 saturated heterocycles. The van der Waals surface area contributed by atoms with Crippen molar-refractivity contribution in [3.05, 3.63) is 24.0 Å². The van der Waals surface area contributed by atoms with E-state index in [0.717, 1.165) is 19.3 Å². The molecule has 0 aromatic heterocycles. The van der Waals surface area contributed by atoms with E-state index in [2.05, 4.69) is 13.0 Å². The van der Waals surface area contributed by atoms with Crippen LogP contribution in [0.2, 0.25) is 0 Å². The summed E-state index contributed by atoms with van der Waals surface area (Å²) in [4.78, 5) is 0. The first-order valence-electron chi connectivity index (χ1n) is 3.90. The molecule has 0 aromatic carbocycles. The van der Waals surface area contributed by atoms with E-state index < -0.39 is 0 Å². The van der Waals surface area contributed by atoms with Crippen molar-refractivity contribution in [3.8, 4) is 0 Å². The molecule has 0 fully saturated rings. The maximum Gasteiger partial charge on any atom is 0.0956 e. The summed E-state index contributed by atoms with van der Waals surface area (Å²) in [6, 6.07) is 0. The molecule has 0 bridgehead atoms. The van der Waals surface area contributed by atoms with Gasteiger partial charge in [-0.3, -0.25) is 0 Å². The number of hydrogen-bond donors (Lipinski definition) is 1. The molecule has 0 aliphatic heterocycles. The van der Waals surface area contributed by atoms with Gasteiger partial charge in [0.2, 0.25) is 0 Å². The van der Waals surface area contributed by atoms with Crippen LogP contribution >= 0.6 is 0 Å². The summed E-state index contributed by atoms with van der Waals surface area (Å²) in [6.45, 7) is 2.14. The third-order valence-electron chi connectivity index (χ3n) is 1.88. The smallest absolute Gasteiger partial charge is 0.0956 e. The Morgan fingerprint density at radius 3 is 3.10 bits per heavy atom. The van der Waals surface area contributed by atoms with Crippen molar-refractivity contribution >= 4 is 0 Å². The number of aliphatic hydroxyl groups is 1. The summed E-state index contributed by atoms with van der Waals surface area (Å²) in [5.74, 6) is 0.958. The second kappa shape index (κ2) is 3.45. The normalized spacial score (nSPS) is 24.5. The Labute approximate surface area is 62.1 Å². The van der Waals surface area contributed by atoms with Gasteiger partial charge in [-0.25, -0.2) is 0 Å². The van der Waals surface area contributed by atoms with Gasteiger partial charge in [0.05, 0.1) is 5.76 Å². The van der Waals surface area contributed by atoms with Crippen LogP contribution in [0.25, 0.3) is 0 Å². The van der Waals surface area contributed by atoms with Crippen LogP contribution in [0.15, 0.2) is 24.0 Å². The van der Waals surface area contributed by atoms with Crippen LogP contribution < -0.4 is 0 Å². The predicted octanol–water partition coefficient (Wildman–Crippen LogP) is 2.80. The molecule has 1 nitrogen and oxygen atoms in total. The highest BCUT2D eigenvalue weighted by molar-refractivity contribution is 5.15. The minimum absolute atomic E-state index is 0.398. The summed E-state index contributed by atoms with van der Waals surface area (Å²) in [7, 11) is 0. The summed E-state index contributed by atoms with van der Waals surface area (Å²) >= 11 is 0. The number of rotatable bonds is 2. The van der Waals surface area contributed by atoms with E-state index in [0.29, 0.717) is 11.7 Å². The zero-order valence-electron chi connectivity index (χ0n) is 6.38. The van der Waals surface area contributed by atoms with Gasteiger partial charge in [0.25, 0.3) is 0 Å². The maximum atomic E-state index is 9.31. The SMILES string of the molecule is CCC[C@@H]1CC=CC=C1O. The summed E-state index contributed by atoms with van der Waals surface area (Å²) in [6.07, 6.45) is 9.09. The van der Waals surface area contributed by atoms with E-state index in [-0.39, 0.29) is 0 Å². The lowest BCUT2D eigenvalue weighted by Gasteiger charge is -2.15. The summed E-state index contributed by atoms with van der Waals surface area (Å²) in [5, 5.41) is 9.31. The first-order valence-corrected chi connectivity index (χ1v) is 3.90. The number of hydrogen-bond acceptors (Lipinski definition) is 1. The van der Waals surface area contributed by atoms with Crippen molar-refractivity contribution in [2.75, 3.05) is 0 Å². The number of allylic oxidation sites excluding steroid dienone is 4. The van der Waals surface area contributed by atoms with Crippen molar-refractivity contribution in [3.63, 3.8) is 0 Å². The molecule has 1 aliphatic rings. The lowest BCUT2D eigenvalue weighted by molar-refractivity contribution is 0.315. The molecule has 0 unspecified atom stereocenters. The van der Waals surface area contributed by atoms with Crippen LogP contribution in [0.4, 0.5) is 0 Å². The van der Waals surface area contributed by atoms with E-state index in [9.17, 15) is 5.11 Å². The zero-order valence-corrected chi connectivity index (χ0v) is 6.38. The topological polar surface area (TPSA) is 20.2 Å². The standard InChI is InChI=1S/C9H14O/c1-2-5-8-6-3-4-7-9(8)10/h3-4,7-8,10H,2,5-6H2,1H3/t8-/m1/s1. The average molecular weight is 138 g/mol. The Kier molecular flexibility index (Phi) is 2.55. The molecule has 10 heavy (non-hydrogen) atoms. The summed E-state index contributed by atoms with van der Waals surface area (Å²) < 4.78 is 0. The molecule has 0 spiro atoms. The first kappa shape index (κ1) is 7.39. The zero-order chi connectivity index (χ0) is 7.40. The molecule has 1 N–H and O–H groups in total. The molecular weight excluding hydrogens is 124 g/mol. The Morgan fingerprint density at radius 1 is 1.70 bits per heavy atom. The predicted molar refractivity (Wildman–Crippen MR) is 42.9 cm³/mol. The highest BCUT2D eigenvalue weighted by atomic mass is 16.3. The Bertz CT molecular complexity index is 156. The third kappa shape index (κ3) is 1.63. The first-order chi connectivity index (χ1) is 4.84. The highest BCUT2D eigenvalue weighted by Gasteiger charge is 2.11. The molecular formula is C9H14O. The molecule has 0 radical (unpaired) electrons. The van der Waals surface area contributed by atoms with Gasteiger partial charge in [-0.2, -0.15) is 0 Å². The van der Waals surface area contributed by atoms with E-state index >= 15 is 0 Å². The lowest BCUT2D eigenvalue weighted by Crippen LogP contribution is -2.04. The van der Waals surface area contributed by atoms with Crippen LogP contribution in [-0.2, 0) is 0 Å². The third-order valence-corrected chi connectivity index (χ3v) is 1.88. The van der Waals surface area contributed by atoms with Gasteiger partial charge < -0.3 is 5.11 Å². The van der Waals surface area contributed by atoms with E-state index in [4.69, 9.17) is 0 Å². The van der Waals surface area contributed by atoms with Crippen LogP contribution in [0.1, 0.15) is 26.2 Å². The fourth-order valence-electron chi connectivity index (χ4n) is 1.28. The van der Waals surface area contributed by atoms with Crippen LogP contribution in [0, 0.1) is 5.92 Å². The van der Waals surface area contributed by atoms with E-state index in [1.165, 1.54) is 0 Å². The van der Waals surface area contributed by atoms with Gasteiger partial charge in [-0.1, -0.05) is 25.5 Å². The highest BCUT2D eigenvalue weighted by Crippen LogP contribution is 2.22. The largest absolute Gasteiger partial charge is 0.512 e. The van der Waals surface area contributed by atoms with Crippen molar-refractivity contribution in [1.82, 2.24) is 0 Å². The molecule has 0 amide bonds. The summed E-state index contributed by atoms with van der Waals surface area (Å²) in [5.41, 5.74) is 0. The minimum Gasteiger partial charge on any atom is -0.512 e. The fourth-order valence-corrected chi connectivity index (χ4v) is 1.28. The molecule has 0 aromatic rings. The van der Waals surface area contributed by atoms with E-state index in [1.807, 2.05) is 6.08 Å². The molecule has 56 valence electrons. The van der Waals surface area contributed by atoms with Crippen LogP contribution in [0.5, 0.6) is 0 Å². The van der Waals surface area contributed by atoms with Gasteiger partial charge >= 0.3 is 0 Å². The fraction of sp³-hybridized carbons (Fsp3) is 0.556. The van der Waals surface area contributed by atoms with Crippen molar-refractivity contribution in [2.45, 2.75) is 26.2 Å². The van der Waals surface area contributed by atoms with Crippen LogP contribution in [0.3, 0.4) is 0 Å². The molecule has 1 heteroatoms. The lowest BCUT2D eigenvalue weighted by atomic mass is 9.94. The van der Waals surface area contributed by atoms with Gasteiger partial charge in [-0.05, 0) is 18.9 Å². The molecule has 0 heterocycles. The van der Waals surface area contributed by atoms with Crippen molar-refractivity contribution < 1.29 is 5.11 Å². The van der Waals surface area contributed by atoms with E-state index in [1.54, 1.807) is 6.08 Å². The Balaban J connectivity index is 2.47. The van der Waals surface area contributed by atoms with Gasteiger partial charge in [0.15, 0.2) is 0 Å². The minimum atomic E-state index is 0.398. The van der Waals surface area contributed by atoms with Crippen molar-refractivity contribution in [1.29, 1.82) is 0 Å². The Morgan fingerprint density at radius 2 is 2.50 bits per heavy atom. The van der Waals surface area contributed by atoms with Crippen LogP contribution in [-0.4, -0.2) is 5.11 Å². The van der Waals surface area contributed by atoms with Gasteiger partial charge in [-0.15, -0.1) is 0 Å². The average Bonchev–Trinajstić information content (AvgIpc) is 1.94.